The van der Waals surface area contributed by atoms with E-state index in [-0.39, 0.29) is 0 Å². The Hall–Kier alpha value is -3.31. The van der Waals surface area contributed by atoms with Crippen LogP contribution < -0.4 is 29.8 Å². The highest BCUT2D eigenvalue weighted by Crippen LogP contribution is 2.35. The van der Waals surface area contributed by atoms with Crippen molar-refractivity contribution in [3.8, 4) is 11.5 Å². The largest absolute Gasteiger partial charge is 0.493 e. The molecule has 0 bridgehead atoms. The molecule has 11 heteroatoms. The normalized spacial score (nSPS) is 11.4. The van der Waals surface area contributed by atoms with E-state index in [1.54, 1.807) is 43.1 Å². The minimum absolute atomic E-state index is 0.343. The van der Waals surface area contributed by atoms with Gasteiger partial charge in [0.05, 0.1) is 30.8 Å². The molecule has 0 unspecified atom stereocenters. The minimum atomic E-state index is -3.87. The number of fused-ring (bicyclic) bond motifs is 1. The van der Waals surface area contributed by atoms with Crippen molar-refractivity contribution < 1.29 is 17.9 Å². The number of ether oxygens (including phenoxy) is 2. The van der Waals surface area contributed by atoms with Crippen molar-refractivity contribution in [2.24, 2.45) is 5.14 Å². The highest BCUT2D eigenvalue weighted by Gasteiger charge is 2.17. The lowest BCUT2D eigenvalue weighted by molar-refractivity contribution is 0.354. The Morgan fingerprint density at radius 3 is 2.60 bits per heavy atom. The summed E-state index contributed by atoms with van der Waals surface area (Å²) < 4.78 is 35.4. The molecule has 30 heavy (non-hydrogen) atoms. The van der Waals surface area contributed by atoms with Gasteiger partial charge in [0.1, 0.15) is 0 Å². The van der Waals surface area contributed by atoms with Gasteiger partial charge in [0, 0.05) is 25.2 Å². The third-order valence-corrected chi connectivity index (χ3v) is 5.06. The lowest BCUT2D eigenvalue weighted by Gasteiger charge is -2.19. The SMILES string of the molecule is COc1cc2[nH]c(N(C)Cc3cccc(NS(N)(=O)=O)c3)nc(=O)c2c(C)c1OC. The molecule has 0 amide bonds. The molecule has 3 rings (SSSR count). The van der Waals surface area contributed by atoms with E-state index in [0.717, 1.165) is 5.56 Å². The Morgan fingerprint density at radius 2 is 1.97 bits per heavy atom. The van der Waals surface area contributed by atoms with E-state index in [4.69, 9.17) is 14.6 Å². The molecule has 0 aliphatic rings. The molecule has 160 valence electrons. The molecule has 0 saturated carbocycles. The number of hydrogen-bond donors (Lipinski definition) is 3. The molecule has 0 atom stereocenters. The number of hydrogen-bond acceptors (Lipinski definition) is 7. The average Bonchev–Trinajstić information content (AvgIpc) is 2.66. The molecular formula is C19H23N5O5S. The second kappa shape index (κ2) is 8.20. The summed E-state index contributed by atoms with van der Waals surface area (Å²) in [6.45, 7) is 2.13. The maximum Gasteiger partial charge on any atom is 0.296 e. The molecule has 1 heterocycles. The minimum Gasteiger partial charge on any atom is -0.493 e. The molecule has 0 aliphatic carbocycles. The molecule has 2 aromatic carbocycles. The summed E-state index contributed by atoms with van der Waals surface area (Å²) in [6, 6.07) is 8.46. The standard InChI is InChI=1S/C19H23N5O5S/c1-11-16-14(9-15(28-3)17(11)29-4)21-19(22-18(16)25)24(2)10-12-6-5-7-13(8-12)23-30(20,26)27/h5-9,23H,10H2,1-4H3,(H2,20,26,27)(H,21,22,25). The fourth-order valence-electron chi connectivity index (χ4n) is 3.28. The van der Waals surface area contributed by atoms with E-state index in [1.807, 2.05) is 6.07 Å². The van der Waals surface area contributed by atoms with Crippen LogP contribution in [-0.4, -0.2) is 39.7 Å². The number of anilines is 2. The van der Waals surface area contributed by atoms with Crippen LogP contribution in [0.2, 0.25) is 0 Å². The predicted octanol–water partition coefficient (Wildman–Crippen LogP) is 1.50. The Bertz CT molecular complexity index is 1260. The van der Waals surface area contributed by atoms with Crippen molar-refractivity contribution in [2.45, 2.75) is 13.5 Å². The molecule has 0 spiro atoms. The van der Waals surface area contributed by atoms with Crippen molar-refractivity contribution in [3.63, 3.8) is 0 Å². The lowest BCUT2D eigenvalue weighted by Crippen LogP contribution is -2.24. The van der Waals surface area contributed by atoms with Crippen LogP contribution in [0.5, 0.6) is 11.5 Å². The van der Waals surface area contributed by atoms with E-state index in [0.29, 0.717) is 46.1 Å². The fourth-order valence-corrected chi connectivity index (χ4v) is 3.73. The van der Waals surface area contributed by atoms with Gasteiger partial charge in [-0.2, -0.15) is 13.4 Å². The van der Waals surface area contributed by atoms with Crippen molar-refractivity contribution in [1.82, 2.24) is 9.97 Å². The topological polar surface area (TPSA) is 140 Å². The Labute approximate surface area is 173 Å². The van der Waals surface area contributed by atoms with Gasteiger partial charge in [-0.1, -0.05) is 12.1 Å². The number of nitrogens with zero attached hydrogens (tertiary/aromatic N) is 2. The summed E-state index contributed by atoms with van der Waals surface area (Å²) in [5, 5.41) is 5.44. The van der Waals surface area contributed by atoms with Gasteiger partial charge in [-0.25, -0.2) is 5.14 Å². The smallest absolute Gasteiger partial charge is 0.296 e. The summed E-state index contributed by atoms with van der Waals surface area (Å²) in [5.41, 5.74) is 1.94. The van der Waals surface area contributed by atoms with Crippen LogP contribution in [-0.2, 0) is 16.8 Å². The van der Waals surface area contributed by atoms with Crippen LogP contribution in [0.4, 0.5) is 11.6 Å². The van der Waals surface area contributed by atoms with Gasteiger partial charge in [0.25, 0.3) is 15.8 Å². The molecule has 3 aromatic rings. The van der Waals surface area contributed by atoms with E-state index >= 15 is 0 Å². The quantitative estimate of drug-likeness (QED) is 0.513. The van der Waals surface area contributed by atoms with E-state index < -0.39 is 15.8 Å². The first-order chi connectivity index (χ1) is 14.1. The summed E-state index contributed by atoms with van der Waals surface area (Å²) >= 11 is 0. The zero-order valence-corrected chi connectivity index (χ0v) is 17.8. The number of methoxy groups -OCH3 is 2. The summed E-state index contributed by atoms with van der Waals surface area (Å²) in [4.78, 5) is 21.8. The van der Waals surface area contributed by atoms with Gasteiger partial charge in [-0.05, 0) is 24.6 Å². The Morgan fingerprint density at radius 1 is 1.23 bits per heavy atom. The fraction of sp³-hybridized carbons (Fsp3) is 0.263. The van der Waals surface area contributed by atoms with Gasteiger partial charge in [-0.15, -0.1) is 0 Å². The van der Waals surface area contributed by atoms with Crippen LogP contribution in [0.1, 0.15) is 11.1 Å². The van der Waals surface area contributed by atoms with E-state index in [1.165, 1.54) is 14.2 Å². The average molecular weight is 433 g/mol. The summed E-state index contributed by atoms with van der Waals surface area (Å²) in [5.74, 6) is 1.33. The van der Waals surface area contributed by atoms with Crippen LogP contribution in [0, 0.1) is 6.92 Å². The van der Waals surface area contributed by atoms with Crippen LogP contribution in [0.3, 0.4) is 0 Å². The predicted molar refractivity (Wildman–Crippen MR) is 115 cm³/mol. The number of rotatable bonds is 7. The van der Waals surface area contributed by atoms with Crippen molar-refractivity contribution >= 4 is 32.7 Å². The molecule has 0 fully saturated rings. The third kappa shape index (κ3) is 4.47. The number of aromatic amines is 1. The Kier molecular flexibility index (Phi) is 5.85. The molecule has 4 N–H and O–H groups in total. The Balaban J connectivity index is 1.97. The van der Waals surface area contributed by atoms with Crippen molar-refractivity contribution in [3.05, 3.63) is 51.8 Å². The number of benzene rings is 2. The molecule has 0 radical (unpaired) electrons. The van der Waals surface area contributed by atoms with Gasteiger partial charge < -0.3 is 19.4 Å². The molecular weight excluding hydrogens is 410 g/mol. The van der Waals surface area contributed by atoms with Crippen LogP contribution in [0.15, 0.2) is 35.1 Å². The highest BCUT2D eigenvalue weighted by molar-refractivity contribution is 7.90. The lowest BCUT2D eigenvalue weighted by atomic mass is 10.1. The third-order valence-electron chi connectivity index (χ3n) is 4.54. The summed E-state index contributed by atoms with van der Waals surface area (Å²) in [7, 11) is 0.934. The van der Waals surface area contributed by atoms with E-state index in [9.17, 15) is 13.2 Å². The first kappa shape index (κ1) is 21.4. The number of nitrogens with one attached hydrogen (secondary N) is 2. The zero-order valence-electron chi connectivity index (χ0n) is 17.0. The van der Waals surface area contributed by atoms with Gasteiger partial charge in [-0.3, -0.25) is 9.52 Å². The van der Waals surface area contributed by atoms with Crippen LogP contribution >= 0.6 is 0 Å². The van der Waals surface area contributed by atoms with Gasteiger partial charge in [0.15, 0.2) is 11.5 Å². The van der Waals surface area contributed by atoms with Gasteiger partial charge in [0.2, 0.25) is 5.95 Å². The van der Waals surface area contributed by atoms with Crippen LogP contribution in [0.25, 0.3) is 10.9 Å². The monoisotopic (exact) mass is 433 g/mol. The highest BCUT2D eigenvalue weighted by atomic mass is 32.2. The molecule has 1 aromatic heterocycles. The maximum absolute atomic E-state index is 12.7. The second-order valence-corrected chi connectivity index (χ2v) is 8.02. The van der Waals surface area contributed by atoms with E-state index in [2.05, 4.69) is 14.7 Å². The number of nitrogens with two attached hydrogens (primary N) is 1. The summed E-state index contributed by atoms with van der Waals surface area (Å²) in [6.07, 6.45) is 0. The maximum atomic E-state index is 12.7. The second-order valence-electron chi connectivity index (χ2n) is 6.73. The first-order valence-corrected chi connectivity index (χ1v) is 10.4. The molecule has 0 aliphatic heterocycles. The van der Waals surface area contributed by atoms with Crippen molar-refractivity contribution in [2.75, 3.05) is 30.9 Å². The van der Waals surface area contributed by atoms with Crippen molar-refractivity contribution in [1.29, 1.82) is 0 Å². The molecule has 0 saturated heterocycles. The number of aromatic nitrogens is 2. The van der Waals surface area contributed by atoms with Gasteiger partial charge >= 0.3 is 0 Å². The number of H-pyrrole nitrogens is 1. The first-order valence-electron chi connectivity index (χ1n) is 8.89. The zero-order chi connectivity index (χ0) is 22.1. The number of aryl methyl sites for hydroxylation is 1. The molecule has 10 nitrogen and oxygen atoms in total.